The van der Waals surface area contributed by atoms with Crippen molar-refractivity contribution >= 4 is 5.97 Å². The third kappa shape index (κ3) is 1.44. The van der Waals surface area contributed by atoms with Crippen LogP contribution in [0.15, 0.2) is 22.8 Å². The van der Waals surface area contributed by atoms with Crippen molar-refractivity contribution < 1.29 is 19.1 Å². The van der Waals surface area contributed by atoms with Gasteiger partial charge in [0.15, 0.2) is 0 Å². The van der Waals surface area contributed by atoms with E-state index < -0.39 is 17.4 Å². The number of rotatable bonds is 4. The standard InChI is InChI=1S/C10H13NO4/c1-11-8(9(12)13)10(5-14-6-10)7-3-2-4-15-7/h2-4,8,11H,5-6H2,1H3,(H,12,13). The van der Waals surface area contributed by atoms with E-state index in [1.807, 2.05) is 0 Å². The predicted octanol–water partition coefficient (Wildman–Crippen LogP) is 0.220. The Hall–Kier alpha value is -1.33. The summed E-state index contributed by atoms with van der Waals surface area (Å²) in [7, 11) is 1.63. The molecule has 1 aromatic rings. The number of hydrogen-bond donors (Lipinski definition) is 2. The average molecular weight is 211 g/mol. The van der Waals surface area contributed by atoms with E-state index in [9.17, 15) is 4.79 Å². The Morgan fingerprint density at radius 1 is 1.67 bits per heavy atom. The maximum absolute atomic E-state index is 11.1. The van der Waals surface area contributed by atoms with Gasteiger partial charge in [-0.25, -0.2) is 0 Å². The number of carboxylic acid groups (broad SMARTS) is 1. The molecule has 82 valence electrons. The molecule has 5 heteroatoms. The van der Waals surface area contributed by atoms with Crippen LogP contribution in [-0.2, 0) is 14.9 Å². The molecule has 2 rings (SSSR count). The van der Waals surface area contributed by atoms with Crippen molar-refractivity contribution in [3.63, 3.8) is 0 Å². The number of carbonyl (C=O) groups is 1. The quantitative estimate of drug-likeness (QED) is 0.745. The molecule has 1 aliphatic rings. The Labute approximate surface area is 87.0 Å². The molecular formula is C10H13NO4. The minimum atomic E-state index is -0.891. The SMILES string of the molecule is CNC(C(=O)O)C1(c2ccco2)COC1. The molecule has 15 heavy (non-hydrogen) atoms. The lowest BCUT2D eigenvalue weighted by molar-refractivity contribution is -0.152. The summed E-state index contributed by atoms with van der Waals surface area (Å²) in [6, 6.07) is 2.86. The van der Waals surface area contributed by atoms with Gasteiger partial charge in [-0.15, -0.1) is 0 Å². The van der Waals surface area contributed by atoms with Crippen molar-refractivity contribution in [1.82, 2.24) is 5.32 Å². The zero-order valence-corrected chi connectivity index (χ0v) is 8.40. The number of likely N-dealkylation sites (N-methyl/N-ethyl adjacent to an activating group) is 1. The van der Waals surface area contributed by atoms with Gasteiger partial charge in [0, 0.05) is 0 Å². The summed E-state index contributed by atoms with van der Waals surface area (Å²) in [6.07, 6.45) is 1.55. The van der Waals surface area contributed by atoms with E-state index in [0.717, 1.165) is 0 Å². The maximum Gasteiger partial charge on any atom is 0.321 e. The van der Waals surface area contributed by atoms with E-state index in [1.165, 1.54) is 0 Å². The Bertz CT molecular complexity index is 342. The van der Waals surface area contributed by atoms with Gasteiger partial charge in [0.2, 0.25) is 0 Å². The van der Waals surface area contributed by atoms with Crippen molar-refractivity contribution in [2.75, 3.05) is 20.3 Å². The van der Waals surface area contributed by atoms with Gasteiger partial charge < -0.3 is 19.6 Å². The second-order valence-electron chi connectivity index (χ2n) is 3.69. The van der Waals surface area contributed by atoms with E-state index in [4.69, 9.17) is 14.3 Å². The van der Waals surface area contributed by atoms with Gasteiger partial charge >= 0.3 is 5.97 Å². The zero-order valence-electron chi connectivity index (χ0n) is 8.40. The first-order valence-corrected chi connectivity index (χ1v) is 4.72. The molecular weight excluding hydrogens is 198 g/mol. The van der Waals surface area contributed by atoms with Crippen LogP contribution in [0.25, 0.3) is 0 Å². The molecule has 1 atom stereocenters. The molecule has 1 saturated heterocycles. The van der Waals surface area contributed by atoms with Gasteiger partial charge in [0.25, 0.3) is 0 Å². The number of hydrogen-bond acceptors (Lipinski definition) is 4. The molecule has 1 aliphatic heterocycles. The van der Waals surface area contributed by atoms with Crippen molar-refractivity contribution in [2.24, 2.45) is 0 Å². The molecule has 0 radical (unpaired) electrons. The first kappa shape index (κ1) is 10.2. The van der Waals surface area contributed by atoms with Gasteiger partial charge in [-0.1, -0.05) is 0 Å². The van der Waals surface area contributed by atoms with Crippen LogP contribution in [0.2, 0.25) is 0 Å². The highest BCUT2D eigenvalue weighted by atomic mass is 16.5. The third-order valence-corrected chi connectivity index (χ3v) is 2.82. The molecule has 0 spiro atoms. The van der Waals surface area contributed by atoms with Crippen LogP contribution in [-0.4, -0.2) is 37.4 Å². The Morgan fingerprint density at radius 3 is 2.73 bits per heavy atom. The van der Waals surface area contributed by atoms with Crippen molar-refractivity contribution in [1.29, 1.82) is 0 Å². The molecule has 0 amide bonds. The molecule has 2 heterocycles. The second-order valence-corrected chi connectivity index (χ2v) is 3.69. The van der Waals surface area contributed by atoms with Crippen LogP contribution in [0, 0.1) is 0 Å². The van der Waals surface area contributed by atoms with Crippen LogP contribution in [0.4, 0.5) is 0 Å². The number of aliphatic carboxylic acids is 1. The minimum absolute atomic E-state index is 0.373. The van der Waals surface area contributed by atoms with E-state index in [0.29, 0.717) is 19.0 Å². The lowest BCUT2D eigenvalue weighted by Gasteiger charge is -2.43. The molecule has 2 N–H and O–H groups in total. The van der Waals surface area contributed by atoms with E-state index in [-0.39, 0.29) is 0 Å². The van der Waals surface area contributed by atoms with Gasteiger partial charge in [-0.3, -0.25) is 4.79 Å². The Morgan fingerprint density at radius 2 is 2.40 bits per heavy atom. The first-order valence-electron chi connectivity index (χ1n) is 4.72. The number of furan rings is 1. The molecule has 0 bridgehead atoms. The summed E-state index contributed by atoms with van der Waals surface area (Å²) in [5.74, 6) is -0.229. The highest BCUT2D eigenvalue weighted by Gasteiger charge is 2.52. The van der Waals surface area contributed by atoms with Gasteiger partial charge in [-0.05, 0) is 19.2 Å². The minimum Gasteiger partial charge on any atom is -0.480 e. The van der Waals surface area contributed by atoms with Crippen LogP contribution in [0.3, 0.4) is 0 Å². The Balaban J connectivity index is 2.32. The average Bonchev–Trinajstić information content (AvgIpc) is 2.62. The van der Waals surface area contributed by atoms with E-state index >= 15 is 0 Å². The summed E-state index contributed by atoms with van der Waals surface area (Å²) in [5.41, 5.74) is -0.565. The summed E-state index contributed by atoms with van der Waals surface area (Å²) < 4.78 is 10.4. The lowest BCUT2D eigenvalue weighted by atomic mass is 9.76. The third-order valence-electron chi connectivity index (χ3n) is 2.82. The topological polar surface area (TPSA) is 71.7 Å². The summed E-state index contributed by atoms with van der Waals surface area (Å²) in [4.78, 5) is 11.1. The molecule has 1 fully saturated rings. The smallest absolute Gasteiger partial charge is 0.321 e. The van der Waals surface area contributed by atoms with Crippen LogP contribution in [0.1, 0.15) is 5.76 Å². The summed E-state index contributed by atoms with van der Waals surface area (Å²) >= 11 is 0. The van der Waals surface area contributed by atoms with Crippen molar-refractivity contribution in [2.45, 2.75) is 11.5 Å². The molecule has 0 aliphatic carbocycles. The van der Waals surface area contributed by atoms with Crippen LogP contribution < -0.4 is 5.32 Å². The fourth-order valence-electron chi connectivity index (χ4n) is 1.97. The van der Waals surface area contributed by atoms with Crippen molar-refractivity contribution in [3.05, 3.63) is 24.2 Å². The molecule has 5 nitrogen and oxygen atoms in total. The fraction of sp³-hybridized carbons (Fsp3) is 0.500. The molecule has 0 saturated carbocycles. The fourth-order valence-corrected chi connectivity index (χ4v) is 1.97. The lowest BCUT2D eigenvalue weighted by Crippen LogP contribution is -2.62. The second kappa shape index (κ2) is 3.67. The Kier molecular flexibility index (Phi) is 2.50. The maximum atomic E-state index is 11.1. The largest absolute Gasteiger partial charge is 0.480 e. The highest BCUT2D eigenvalue weighted by Crippen LogP contribution is 2.36. The monoisotopic (exact) mass is 211 g/mol. The van der Waals surface area contributed by atoms with E-state index in [1.54, 1.807) is 25.4 Å². The highest BCUT2D eigenvalue weighted by molar-refractivity contribution is 5.76. The number of nitrogens with one attached hydrogen (secondary N) is 1. The van der Waals surface area contributed by atoms with Gasteiger partial charge in [0.1, 0.15) is 17.2 Å². The van der Waals surface area contributed by atoms with Crippen molar-refractivity contribution in [3.8, 4) is 0 Å². The number of carboxylic acids is 1. The van der Waals surface area contributed by atoms with Gasteiger partial charge in [0.05, 0.1) is 19.5 Å². The summed E-state index contributed by atoms with van der Waals surface area (Å²) in [5, 5.41) is 11.9. The molecule has 1 unspecified atom stereocenters. The summed E-state index contributed by atoms with van der Waals surface area (Å²) in [6.45, 7) is 0.747. The van der Waals surface area contributed by atoms with Gasteiger partial charge in [-0.2, -0.15) is 0 Å². The number of ether oxygens (including phenoxy) is 1. The van der Waals surface area contributed by atoms with Crippen LogP contribution >= 0.6 is 0 Å². The first-order chi connectivity index (χ1) is 7.20. The zero-order chi connectivity index (χ0) is 10.9. The molecule has 0 aromatic carbocycles. The predicted molar refractivity (Wildman–Crippen MR) is 51.7 cm³/mol. The molecule has 1 aromatic heterocycles. The van der Waals surface area contributed by atoms with E-state index in [2.05, 4.69) is 5.32 Å². The van der Waals surface area contributed by atoms with Crippen LogP contribution in [0.5, 0.6) is 0 Å². The normalized spacial score (nSPS) is 20.6.